The first kappa shape index (κ1) is 21.9. The summed E-state index contributed by atoms with van der Waals surface area (Å²) in [5.74, 6) is 1.27. The minimum Gasteiger partial charge on any atom is -0.443 e. The Kier molecular flexibility index (Phi) is 5.64. The Morgan fingerprint density at radius 3 is 2.75 bits per heavy atom. The van der Waals surface area contributed by atoms with Crippen LogP contribution >= 0.6 is 0 Å². The van der Waals surface area contributed by atoms with Gasteiger partial charge in [0.25, 0.3) is 5.91 Å². The van der Waals surface area contributed by atoms with E-state index in [2.05, 4.69) is 31.2 Å². The normalized spacial score (nSPS) is 17.4. The lowest BCUT2D eigenvalue weighted by atomic mass is 10.2. The van der Waals surface area contributed by atoms with Crippen molar-refractivity contribution in [3.8, 4) is 17.4 Å². The fourth-order valence-electron chi connectivity index (χ4n) is 3.92. The molecule has 1 aromatic carbocycles. The van der Waals surface area contributed by atoms with E-state index in [1.165, 1.54) is 6.26 Å². The molecule has 2 aliphatic heterocycles. The molecule has 12 heteroatoms. The number of morpholine rings is 1. The molecule has 1 fully saturated rings. The van der Waals surface area contributed by atoms with Gasteiger partial charge < -0.3 is 19.3 Å². The van der Waals surface area contributed by atoms with E-state index >= 15 is 0 Å². The first-order valence-corrected chi connectivity index (χ1v) is 11.4. The Morgan fingerprint density at radius 2 is 2.00 bits per heavy atom. The molecule has 0 saturated carbocycles. The van der Waals surface area contributed by atoms with Crippen LogP contribution in [0.25, 0.3) is 27.9 Å². The van der Waals surface area contributed by atoms with E-state index < -0.39 is 0 Å². The molecule has 1 saturated heterocycles. The number of nitrogens with zero attached hydrogens (tertiary/aromatic N) is 6. The Balaban J connectivity index is 1.24. The molecule has 6 rings (SSSR count). The number of carbonyl (C=O) groups is 1. The molecule has 0 spiro atoms. The standard InChI is InChI=1S/C24H22N8O4/c1-15-12-20(30-36-15)22-27-26-21-18-4-2-3-5-19(18)24(29-32(21)22)35-14-17-7-6-16(13-25-17)23(33)28-31-8-10-34-11-9-31/h2-7,12-14,25H,8-11H2,1H3,(H,28,33). The molecule has 0 atom stereocenters. The third-order valence-electron chi connectivity index (χ3n) is 5.75. The number of amides is 1. The van der Waals surface area contributed by atoms with Crippen molar-refractivity contribution in [3.63, 3.8) is 0 Å². The van der Waals surface area contributed by atoms with Crippen LogP contribution in [0.4, 0.5) is 0 Å². The molecule has 5 heterocycles. The van der Waals surface area contributed by atoms with Crippen molar-refractivity contribution in [1.82, 2.24) is 40.7 Å². The number of nitrogens with one attached hydrogen (secondary N) is 2. The van der Waals surface area contributed by atoms with Crippen LogP contribution in [0.3, 0.4) is 0 Å². The molecule has 0 bridgehead atoms. The molecule has 12 nitrogen and oxygen atoms in total. The Labute approximate surface area is 204 Å². The summed E-state index contributed by atoms with van der Waals surface area (Å²) in [4.78, 5) is 12.5. The van der Waals surface area contributed by atoms with Crippen LogP contribution in [0.15, 0.2) is 70.7 Å². The summed E-state index contributed by atoms with van der Waals surface area (Å²) in [6.07, 6.45) is 6.65. The van der Waals surface area contributed by atoms with Crippen LogP contribution in [0, 0.1) is 6.92 Å². The summed E-state index contributed by atoms with van der Waals surface area (Å²) in [5.41, 5.74) is 5.14. The highest BCUT2D eigenvalue weighted by molar-refractivity contribution is 5.97. The fraction of sp³-hybridized carbons (Fsp3) is 0.208. The quantitative estimate of drug-likeness (QED) is 0.403. The molecule has 1 amide bonds. The molecule has 0 unspecified atom stereocenters. The predicted octanol–water partition coefficient (Wildman–Crippen LogP) is 1.87. The zero-order chi connectivity index (χ0) is 24.5. The highest BCUT2D eigenvalue weighted by atomic mass is 16.5. The summed E-state index contributed by atoms with van der Waals surface area (Å²) >= 11 is 0. The van der Waals surface area contributed by atoms with E-state index in [0.717, 1.165) is 10.8 Å². The summed E-state index contributed by atoms with van der Waals surface area (Å²) in [7, 11) is 0. The van der Waals surface area contributed by atoms with E-state index in [9.17, 15) is 4.79 Å². The van der Waals surface area contributed by atoms with Gasteiger partial charge in [0.15, 0.2) is 11.3 Å². The zero-order valence-corrected chi connectivity index (χ0v) is 19.3. The van der Waals surface area contributed by atoms with Crippen molar-refractivity contribution in [2.75, 3.05) is 26.3 Å². The Bertz CT molecular complexity index is 1540. The molecule has 4 aromatic rings. The molecule has 2 aliphatic rings. The van der Waals surface area contributed by atoms with Gasteiger partial charge in [0.2, 0.25) is 11.7 Å². The Morgan fingerprint density at radius 1 is 1.17 bits per heavy atom. The Hall–Kier alpha value is -4.55. The molecule has 36 heavy (non-hydrogen) atoms. The monoisotopic (exact) mass is 486 g/mol. The van der Waals surface area contributed by atoms with Gasteiger partial charge in [0.05, 0.1) is 24.5 Å². The predicted molar refractivity (Wildman–Crippen MR) is 128 cm³/mol. The van der Waals surface area contributed by atoms with Crippen molar-refractivity contribution < 1.29 is 18.8 Å². The number of fused-ring (bicyclic) bond motifs is 3. The lowest BCUT2D eigenvalue weighted by Gasteiger charge is -2.27. The van der Waals surface area contributed by atoms with Gasteiger partial charge in [-0.15, -0.1) is 15.3 Å². The minimum absolute atomic E-state index is 0.193. The van der Waals surface area contributed by atoms with Crippen LogP contribution in [0.1, 0.15) is 5.76 Å². The minimum atomic E-state index is -0.193. The molecule has 2 N–H and O–H groups in total. The van der Waals surface area contributed by atoms with Gasteiger partial charge in [-0.05, 0) is 25.1 Å². The summed E-state index contributed by atoms with van der Waals surface area (Å²) in [6.45, 7) is 4.32. The van der Waals surface area contributed by atoms with Crippen LogP contribution < -0.4 is 15.5 Å². The number of rotatable bonds is 5. The smallest absolute Gasteiger partial charge is 0.267 e. The van der Waals surface area contributed by atoms with Crippen molar-refractivity contribution in [1.29, 1.82) is 0 Å². The number of hydrazine groups is 1. The molecule has 182 valence electrons. The second-order valence-corrected chi connectivity index (χ2v) is 8.24. The van der Waals surface area contributed by atoms with Crippen molar-refractivity contribution in [2.24, 2.45) is 0 Å². The molecular formula is C24H22N8O4. The number of ether oxygens (including phenoxy) is 2. The SMILES string of the molecule is Cc1cc(-c2nnc3c4ccccc4c(OC=C4C=CC(C(=O)NN5CCOCC5)=CN4)nn23)no1. The van der Waals surface area contributed by atoms with E-state index in [4.69, 9.17) is 14.0 Å². The summed E-state index contributed by atoms with van der Waals surface area (Å²) < 4.78 is 18.1. The number of dihydropyridines is 1. The van der Waals surface area contributed by atoms with E-state index in [0.29, 0.717) is 66.4 Å². The number of aryl methyl sites for hydroxylation is 1. The zero-order valence-electron chi connectivity index (χ0n) is 19.3. The van der Waals surface area contributed by atoms with Crippen LogP contribution in [-0.4, -0.2) is 62.2 Å². The first-order chi connectivity index (χ1) is 17.7. The number of allylic oxidation sites excluding steroid dienone is 1. The second kappa shape index (κ2) is 9.24. The second-order valence-electron chi connectivity index (χ2n) is 8.24. The van der Waals surface area contributed by atoms with E-state index in [1.54, 1.807) is 35.9 Å². The van der Waals surface area contributed by atoms with Crippen molar-refractivity contribution >= 4 is 22.3 Å². The average Bonchev–Trinajstić information content (AvgIpc) is 3.54. The van der Waals surface area contributed by atoms with Gasteiger partial charge in [-0.2, -0.15) is 4.52 Å². The van der Waals surface area contributed by atoms with E-state index in [-0.39, 0.29) is 5.91 Å². The van der Waals surface area contributed by atoms with Crippen molar-refractivity contribution in [3.05, 3.63) is 72.0 Å². The number of benzene rings is 1. The lowest BCUT2D eigenvalue weighted by Crippen LogP contribution is -2.48. The van der Waals surface area contributed by atoms with Crippen molar-refractivity contribution in [2.45, 2.75) is 6.92 Å². The lowest BCUT2D eigenvalue weighted by molar-refractivity contribution is -0.123. The molecular weight excluding hydrogens is 464 g/mol. The number of hydrogen-bond donors (Lipinski definition) is 2. The van der Waals surface area contributed by atoms with Gasteiger partial charge in [0, 0.05) is 36.1 Å². The highest BCUT2D eigenvalue weighted by Crippen LogP contribution is 2.29. The maximum atomic E-state index is 12.5. The third kappa shape index (κ3) is 4.19. The topological polar surface area (TPSA) is 132 Å². The van der Waals surface area contributed by atoms with Gasteiger partial charge in [-0.1, -0.05) is 23.4 Å². The van der Waals surface area contributed by atoms with Gasteiger partial charge >= 0.3 is 0 Å². The van der Waals surface area contributed by atoms with Gasteiger partial charge in [0.1, 0.15) is 12.0 Å². The van der Waals surface area contributed by atoms with Crippen LogP contribution in [0.5, 0.6) is 5.88 Å². The van der Waals surface area contributed by atoms with E-state index in [1.807, 2.05) is 29.3 Å². The van der Waals surface area contributed by atoms with Gasteiger partial charge in [-0.3, -0.25) is 10.2 Å². The maximum Gasteiger partial charge on any atom is 0.267 e. The number of hydrogen-bond acceptors (Lipinski definition) is 10. The number of carbonyl (C=O) groups excluding carboxylic acids is 1. The van der Waals surface area contributed by atoms with Crippen LogP contribution in [0.2, 0.25) is 0 Å². The highest BCUT2D eigenvalue weighted by Gasteiger charge is 2.19. The largest absolute Gasteiger partial charge is 0.443 e. The van der Waals surface area contributed by atoms with Gasteiger partial charge in [-0.25, -0.2) is 5.01 Å². The first-order valence-electron chi connectivity index (χ1n) is 11.4. The fourth-order valence-corrected chi connectivity index (χ4v) is 3.92. The summed E-state index contributed by atoms with van der Waals surface area (Å²) in [6, 6.07) is 9.42. The molecule has 3 aromatic heterocycles. The number of aromatic nitrogens is 5. The molecule has 0 radical (unpaired) electrons. The maximum absolute atomic E-state index is 12.5. The van der Waals surface area contributed by atoms with Crippen LogP contribution in [-0.2, 0) is 9.53 Å². The third-order valence-corrected chi connectivity index (χ3v) is 5.75. The average molecular weight is 486 g/mol. The molecule has 0 aliphatic carbocycles. The summed E-state index contributed by atoms with van der Waals surface area (Å²) in [5, 5.41) is 23.8.